The van der Waals surface area contributed by atoms with Crippen LogP contribution in [0.3, 0.4) is 0 Å². The van der Waals surface area contributed by atoms with Gasteiger partial charge in [0.15, 0.2) is 0 Å². The number of aromatic nitrogens is 1. The van der Waals surface area contributed by atoms with E-state index in [1.54, 1.807) is 19.3 Å². The highest BCUT2D eigenvalue weighted by Gasteiger charge is 2.22. The third-order valence-electron chi connectivity index (χ3n) is 5.84. The van der Waals surface area contributed by atoms with Crippen LogP contribution in [0.5, 0.6) is 0 Å². The summed E-state index contributed by atoms with van der Waals surface area (Å²) in [7, 11) is 0.449. The Kier molecular flexibility index (Phi) is 8.31. The van der Waals surface area contributed by atoms with Crippen LogP contribution in [0.15, 0.2) is 63.7 Å². The van der Waals surface area contributed by atoms with Gasteiger partial charge in [-0.15, -0.1) is 0 Å². The van der Waals surface area contributed by atoms with Crippen molar-refractivity contribution >= 4 is 19.0 Å². The molecule has 0 saturated heterocycles. The number of ether oxygens (including phenoxy) is 1. The number of allylic oxidation sites excluding steroid dienone is 1. The van der Waals surface area contributed by atoms with E-state index in [2.05, 4.69) is 19.6 Å². The Labute approximate surface area is 205 Å². The van der Waals surface area contributed by atoms with Gasteiger partial charge in [0.25, 0.3) is 11.3 Å². The largest absolute Gasteiger partial charge is 0.460 e. The summed E-state index contributed by atoms with van der Waals surface area (Å²) in [5.74, 6) is 6.20. The topological polar surface area (TPSA) is 117 Å². The van der Waals surface area contributed by atoms with Crippen LogP contribution >= 0.6 is 0 Å². The first kappa shape index (κ1) is 26.4. The third-order valence-corrected chi connectivity index (χ3v) is 7.54. The van der Waals surface area contributed by atoms with Crippen molar-refractivity contribution in [2.75, 3.05) is 13.3 Å². The molecule has 0 bridgehead atoms. The summed E-state index contributed by atoms with van der Waals surface area (Å²) in [6, 6.07) is 12.5. The summed E-state index contributed by atoms with van der Waals surface area (Å²) in [5, 5.41) is 13.3. The molecule has 0 aliphatic rings. The number of nitro groups is 1. The highest BCUT2D eigenvalue weighted by atomic mass is 28.3. The molecule has 0 amide bonds. The van der Waals surface area contributed by atoms with Crippen LogP contribution in [0.4, 0.5) is 0 Å². The Morgan fingerprint density at radius 2 is 2.00 bits per heavy atom. The van der Waals surface area contributed by atoms with E-state index in [1.165, 1.54) is 10.8 Å². The zero-order valence-electron chi connectivity index (χ0n) is 21.0. The molecule has 0 spiro atoms. The van der Waals surface area contributed by atoms with Crippen molar-refractivity contribution in [3.8, 4) is 0 Å². The van der Waals surface area contributed by atoms with Gasteiger partial charge in [-0.1, -0.05) is 56.9 Å². The molecule has 35 heavy (non-hydrogen) atoms. The second-order valence-electron chi connectivity index (χ2n) is 10.0. The molecular weight excluding hydrogens is 464 g/mol. The molecule has 2 heterocycles. The summed E-state index contributed by atoms with van der Waals surface area (Å²) < 4.78 is 13.1. The summed E-state index contributed by atoms with van der Waals surface area (Å²) >= 11 is 0. The van der Waals surface area contributed by atoms with E-state index >= 15 is 0 Å². The number of furan rings is 1. The number of nitrogens with zero attached hydrogens (tertiary/aromatic N) is 3. The molecule has 10 heteroatoms. The molecule has 2 N–H and O–H groups in total. The van der Waals surface area contributed by atoms with Crippen LogP contribution in [0.1, 0.15) is 29.7 Å². The van der Waals surface area contributed by atoms with E-state index in [-0.39, 0.29) is 30.3 Å². The van der Waals surface area contributed by atoms with Crippen LogP contribution in [0.25, 0.3) is 11.0 Å². The van der Waals surface area contributed by atoms with Gasteiger partial charge in [0, 0.05) is 39.4 Å². The van der Waals surface area contributed by atoms with Crippen molar-refractivity contribution < 1.29 is 14.1 Å². The molecule has 1 aromatic carbocycles. The molecule has 0 aliphatic carbocycles. The molecular formula is C25H34N4O5Si. The molecule has 9 nitrogen and oxygen atoms in total. The van der Waals surface area contributed by atoms with Crippen molar-refractivity contribution in [3.63, 3.8) is 0 Å². The number of fused-ring (bicyclic) bond motifs is 1. The van der Waals surface area contributed by atoms with E-state index in [0.29, 0.717) is 23.3 Å². The summed E-state index contributed by atoms with van der Waals surface area (Å²) in [6.07, 6.45) is 2.89. The van der Waals surface area contributed by atoms with Gasteiger partial charge in [0.05, 0.1) is 22.9 Å². The summed E-state index contributed by atoms with van der Waals surface area (Å²) in [4.78, 5) is 24.0. The number of nitrogens with two attached hydrogens (primary N) is 1. The Balaban J connectivity index is 1.86. The first-order chi connectivity index (χ1) is 16.5. The number of hydrogen-bond acceptors (Lipinski definition) is 7. The van der Waals surface area contributed by atoms with Crippen LogP contribution < -0.4 is 11.4 Å². The van der Waals surface area contributed by atoms with Gasteiger partial charge >= 0.3 is 0 Å². The highest BCUT2D eigenvalue weighted by Crippen LogP contribution is 2.31. The van der Waals surface area contributed by atoms with Crippen molar-refractivity contribution in [2.24, 2.45) is 12.9 Å². The Hall–Kier alpha value is -3.21. The van der Waals surface area contributed by atoms with Crippen LogP contribution in [0, 0.1) is 10.1 Å². The van der Waals surface area contributed by atoms with Gasteiger partial charge in [-0.05, 0) is 17.7 Å². The smallest absolute Gasteiger partial charge is 0.270 e. The van der Waals surface area contributed by atoms with Crippen LogP contribution in [-0.4, -0.2) is 35.9 Å². The molecule has 0 aliphatic heterocycles. The van der Waals surface area contributed by atoms with Gasteiger partial charge in [-0.25, -0.2) is 5.84 Å². The maximum atomic E-state index is 12.8. The molecule has 2 aromatic heterocycles. The maximum Gasteiger partial charge on any atom is 0.270 e. The van der Waals surface area contributed by atoms with Crippen LogP contribution in [0.2, 0.25) is 25.7 Å². The van der Waals surface area contributed by atoms with E-state index in [0.717, 1.165) is 22.2 Å². The minimum Gasteiger partial charge on any atom is -0.460 e. The fourth-order valence-corrected chi connectivity index (χ4v) is 4.52. The quantitative estimate of drug-likeness (QED) is 0.104. The molecule has 1 atom stereocenters. The number of hydrazine groups is 1. The van der Waals surface area contributed by atoms with Crippen molar-refractivity contribution in [3.05, 3.63) is 91.8 Å². The van der Waals surface area contributed by atoms with Gasteiger partial charge < -0.3 is 13.7 Å². The van der Waals surface area contributed by atoms with E-state index in [4.69, 9.17) is 15.0 Å². The van der Waals surface area contributed by atoms with Gasteiger partial charge in [-0.3, -0.25) is 19.9 Å². The number of hydrogen-bond donors (Lipinski definition) is 1. The first-order valence-corrected chi connectivity index (χ1v) is 15.3. The maximum absolute atomic E-state index is 12.8. The summed E-state index contributed by atoms with van der Waals surface area (Å²) in [6.45, 7) is 9.37. The normalized spacial score (nSPS) is 13.3. The SMILES string of the molecule is CC(c1ccccc1)c1cn(C)c(=O)c2cc(C/C(=C\N(N)COCC[Si](C)(C)C)[N+](=O)[O-])oc12. The molecule has 1 unspecified atom stereocenters. The Morgan fingerprint density at radius 3 is 2.63 bits per heavy atom. The zero-order chi connectivity index (χ0) is 25.8. The summed E-state index contributed by atoms with van der Waals surface area (Å²) in [5.41, 5.74) is 1.98. The lowest BCUT2D eigenvalue weighted by molar-refractivity contribution is -0.428. The predicted molar refractivity (Wildman–Crippen MR) is 139 cm³/mol. The van der Waals surface area contributed by atoms with Gasteiger partial charge in [0.1, 0.15) is 18.1 Å². The fraction of sp³-hybridized carbons (Fsp3) is 0.400. The predicted octanol–water partition coefficient (Wildman–Crippen LogP) is 4.43. The van der Waals surface area contributed by atoms with Crippen molar-refractivity contribution in [1.29, 1.82) is 0 Å². The highest BCUT2D eigenvalue weighted by molar-refractivity contribution is 6.76. The van der Waals surface area contributed by atoms with Gasteiger partial charge in [0.2, 0.25) is 0 Å². The van der Waals surface area contributed by atoms with E-state index in [9.17, 15) is 14.9 Å². The Morgan fingerprint density at radius 1 is 1.31 bits per heavy atom. The standard InChI is InChI=1S/C25H34N4O5Si/c1-18(19-9-7-6-8-10-19)23-16-27(2)25(30)22-14-21(34-24(22)23)13-20(29(31)32)15-28(26)17-33-11-12-35(3,4)5/h6-10,14-16,18H,11-13,17,26H2,1-5H3/b20-15+. The molecule has 0 fully saturated rings. The minimum atomic E-state index is -1.24. The van der Waals surface area contributed by atoms with Crippen molar-refractivity contribution in [2.45, 2.75) is 44.9 Å². The lowest BCUT2D eigenvalue weighted by Crippen LogP contribution is -2.30. The lowest BCUT2D eigenvalue weighted by atomic mass is 9.93. The van der Waals surface area contributed by atoms with E-state index < -0.39 is 13.0 Å². The molecule has 188 valence electrons. The second kappa shape index (κ2) is 11.0. The lowest BCUT2D eigenvalue weighted by Gasteiger charge is -2.18. The number of rotatable bonds is 11. The average molecular weight is 499 g/mol. The average Bonchev–Trinajstić information content (AvgIpc) is 3.22. The fourth-order valence-electron chi connectivity index (χ4n) is 3.76. The molecule has 3 rings (SSSR count). The third kappa shape index (κ3) is 6.90. The second-order valence-corrected chi connectivity index (χ2v) is 15.6. The first-order valence-electron chi connectivity index (χ1n) is 11.6. The Bertz CT molecular complexity index is 1260. The number of pyridine rings is 1. The molecule has 3 aromatic rings. The zero-order valence-corrected chi connectivity index (χ0v) is 22.0. The van der Waals surface area contributed by atoms with Crippen molar-refractivity contribution in [1.82, 2.24) is 9.58 Å². The monoisotopic (exact) mass is 498 g/mol. The van der Waals surface area contributed by atoms with Crippen LogP contribution in [-0.2, 0) is 18.2 Å². The van der Waals surface area contributed by atoms with Gasteiger partial charge in [-0.2, -0.15) is 0 Å². The molecule has 0 saturated carbocycles. The van der Waals surface area contributed by atoms with E-state index in [1.807, 2.05) is 37.3 Å². The minimum absolute atomic E-state index is 0.0390. The number of benzene rings is 1. The number of aryl methyl sites for hydroxylation is 1. The molecule has 0 radical (unpaired) electrons.